The fourth-order valence-corrected chi connectivity index (χ4v) is 6.04. The van der Waals surface area contributed by atoms with Gasteiger partial charge in [0.15, 0.2) is 4.80 Å². The van der Waals surface area contributed by atoms with Crippen molar-refractivity contribution in [3.05, 3.63) is 132 Å². The first-order chi connectivity index (χ1) is 19.4. The van der Waals surface area contributed by atoms with Crippen molar-refractivity contribution >= 4 is 44.9 Å². The number of rotatable bonds is 8. The number of ether oxygens (including phenoxy) is 2. The maximum absolute atomic E-state index is 13.9. The van der Waals surface area contributed by atoms with Crippen molar-refractivity contribution in [2.45, 2.75) is 13.0 Å². The Bertz CT molecular complexity index is 1810. The summed E-state index contributed by atoms with van der Waals surface area (Å²) < 4.78 is 14.0. The van der Waals surface area contributed by atoms with Gasteiger partial charge in [-0.3, -0.25) is 14.2 Å². The van der Waals surface area contributed by atoms with E-state index in [9.17, 15) is 9.59 Å². The number of allylic oxidation sites excluding steroid dienone is 1. The van der Waals surface area contributed by atoms with Crippen LogP contribution in [-0.4, -0.2) is 24.2 Å². The second-order valence-electron chi connectivity index (χ2n) is 8.97. The molecule has 5 rings (SSSR count). The zero-order valence-electron chi connectivity index (χ0n) is 21.9. The number of carbonyl (C=O) groups excluding carboxylic acids is 1. The molecule has 40 heavy (non-hydrogen) atoms. The average molecular weight is 617 g/mol. The lowest BCUT2D eigenvalue weighted by Gasteiger charge is -2.25. The number of fused-ring (bicyclic) bond motifs is 1. The Kier molecular flexibility index (Phi) is 8.14. The molecule has 0 saturated carbocycles. The van der Waals surface area contributed by atoms with E-state index < -0.39 is 6.04 Å². The van der Waals surface area contributed by atoms with Gasteiger partial charge in [0.25, 0.3) is 11.5 Å². The van der Waals surface area contributed by atoms with Crippen molar-refractivity contribution in [3.63, 3.8) is 0 Å². The number of halogens is 1. The van der Waals surface area contributed by atoms with Gasteiger partial charge in [-0.2, -0.15) is 0 Å². The second-order valence-corrected chi connectivity index (χ2v) is 10.8. The van der Waals surface area contributed by atoms with Gasteiger partial charge in [0.1, 0.15) is 18.1 Å². The lowest BCUT2D eigenvalue weighted by molar-refractivity contribution is -0.113. The van der Waals surface area contributed by atoms with Crippen LogP contribution >= 0.6 is 27.3 Å². The largest absolute Gasteiger partial charge is 0.497 e. The number of amides is 1. The number of nitrogens with one attached hydrogen (secondary N) is 1. The van der Waals surface area contributed by atoms with Gasteiger partial charge in [-0.25, -0.2) is 4.99 Å². The topological polar surface area (TPSA) is 81.9 Å². The number of aromatic nitrogens is 1. The monoisotopic (exact) mass is 615 g/mol. The fraction of sp³-hybridized carbons (Fsp3) is 0.129. The zero-order chi connectivity index (χ0) is 28.2. The molecule has 1 aliphatic rings. The third-order valence-electron chi connectivity index (χ3n) is 6.32. The van der Waals surface area contributed by atoms with Crippen LogP contribution in [0.5, 0.6) is 11.5 Å². The van der Waals surface area contributed by atoms with Crippen LogP contribution in [0, 0.1) is 0 Å². The van der Waals surface area contributed by atoms with Crippen molar-refractivity contribution < 1.29 is 14.3 Å². The van der Waals surface area contributed by atoms with E-state index in [-0.39, 0.29) is 11.5 Å². The van der Waals surface area contributed by atoms with Crippen LogP contribution in [0.1, 0.15) is 24.1 Å². The van der Waals surface area contributed by atoms with E-state index in [2.05, 4.69) is 27.8 Å². The Morgan fingerprint density at radius 3 is 2.67 bits per heavy atom. The summed E-state index contributed by atoms with van der Waals surface area (Å²) in [5, 5.41) is 2.96. The van der Waals surface area contributed by atoms with Gasteiger partial charge in [-0.15, -0.1) is 0 Å². The molecule has 1 atom stereocenters. The Labute approximate surface area is 243 Å². The molecule has 0 radical (unpaired) electrons. The molecule has 1 aliphatic heterocycles. The highest BCUT2D eigenvalue weighted by molar-refractivity contribution is 9.10. The van der Waals surface area contributed by atoms with Crippen LogP contribution in [0.3, 0.4) is 0 Å². The predicted octanol–water partition coefficient (Wildman–Crippen LogP) is 5.21. The minimum atomic E-state index is -0.696. The molecule has 0 unspecified atom stereocenters. The SMILES string of the molecule is C=CCOc1ccc(/C=c2\sc3n(c2=O)[C@@H](c2cccc(OC)c2)C(C(=O)Nc2ccccc2)=C(C)N=3)cc1Br. The Morgan fingerprint density at radius 2 is 1.95 bits per heavy atom. The number of para-hydroxylation sites is 1. The number of hydrogen-bond acceptors (Lipinski definition) is 6. The van der Waals surface area contributed by atoms with Crippen LogP contribution in [-0.2, 0) is 4.79 Å². The standard InChI is InChI=1S/C31H26BrN3O4S/c1-4-15-39-25-14-13-20(16-24(25)32)17-26-30(37)35-28(21-9-8-12-23(18-21)38-3)27(19(2)33-31(35)40-26)29(36)34-22-10-6-5-7-11-22/h4-14,16-18,28H,1,15H2,2-3H3,(H,34,36)/b26-17-/t28-/m0/s1. The molecule has 7 nitrogen and oxygen atoms in total. The lowest BCUT2D eigenvalue weighted by atomic mass is 9.95. The van der Waals surface area contributed by atoms with E-state index in [0.717, 1.165) is 15.6 Å². The number of anilines is 1. The molecule has 0 saturated heterocycles. The third kappa shape index (κ3) is 5.57. The molecule has 0 bridgehead atoms. The van der Waals surface area contributed by atoms with Crippen LogP contribution in [0.2, 0.25) is 0 Å². The van der Waals surface area contributed by atoms with Crippen LogP contribution in [0.4, 0.5) is 5.69 Å². The summed E-state index contributed by atoms with van der Waals surface area (Å²) >= 11 is 4.82. The molecule has 2 heterocycles. The number of nitrogens with zero attached hydrogens (tertiary/aromatic N) is 2. The summed E-state index contributed by atoms with van der Waals surface area (Å²) in [6, 6.07) is 21.5. The fourth-order valence-electron chi connectivity index (χ4n) is 4.48. The molecule has 202 valence electrons. The molecule has 9 heteroatoms. The quantitative estimate of drug-likeness (QED) is 0.276. The molecular weight excluding hydrogens is 590 g/mol. The Balaban J connectivity index is 1.63. The summed E-state index contributed by atoms with van der Waals surface area (Å²) in [6.45, 7) is 5.86. The minimum absolute atomic E-state index is 0.239. The van der Waals surface area contributed by atoms with Crippen LogP contribution in [0.15, 0.2) is 111 Å². The summed E-state index contributed by atoms with van der Waals surface area (Å²) in [5.74, 6) is 0.982. The molecule has 1 N–H and O–H groups in total. The maximum Gasteiger partial charge on any atom is 0.271 e. The molecule has 3 aromatic carbocycles. The first kappa shape index (κ1) is 27.4. The smallest absolute Gasteiger partial charge is 0.271 e. The van der Waals surface area contributed by atoms with E-state index >= 15 is 0 Å². The van der Waals surface area contributed by atoms with Gasteiger partial charge < -0.3 is 14.8 Å². The van der Waals surface area contributed by atoms with E-state index in [1.807, 2.05) is 78.9 Å². The summed E-state index contributed by atoms with van der Waals surface area (Å²) in [6.07, 6.45) is 3.49. The van der Waals surface area contributed by atoms with E-state index in [1.165, 1.54) is 11.3 Å². The maximum atomic E-state index is 13.9. The first-order valence-electron chi connectivity index (χ1n) is 12.5. The minimum Gasteiger partial charge on any atom is -0.497 e. The van der Waals surface area contributed by atoms with Gasteiger partial charge in [-0.05, 0) is 76.5 Å². The van der Waals surface area contributed by atoms with Crippen molar-refractivity contribution in [1.82, 2.24) is 4.57 Å². The van der Waals surface area contributed by atoms with Crippen molar-refractivity contribution in [2.24, 2.45) is 4.99 Å². The Morgan fingerprint density at radius 1 is 1.15 bits per heavy atom. The summed E-state index contributed by atoms with van der Waals surface area (Å²) in [7, 11) is 1.58. The highest BCUT2D eigenvalue weighted by atomic mass is 79.9. The number of hydrogen-bond donors (Lipinski definition) is 1. The number of methoxy groups -OCH3 is 1. The van der Waals surface area contributed by atoms with Crippen LogP contribution in [0.25, 0.3) is 6.08 Å². The molecule has 4 aromatic rings. The van der Waals surface area contributed by atoms with E-state index in [1.54, 1.807) is 24.7 Å². The Hall–Kier alpha value is -4.21. The van der Waals surface area contributed by atoms with Crippen molar-refractivity contribution in [1.29, 1.82) is 0 Å². The molecule has 0 spiro atoms. The second kappa shape index (κ2) is 11.9. The molecular formula is C31H26BrN3O4S. The highest BCUT2D eigenvalue weighted by Gasteiger charge is 2.32. The van der Waals surface area contributed by atoms with Gasteiger partial charge in [0.2, 0.25) is 0 Å². The van der Waals surface area contributed by atoms with E-state index in [0.29, 0.717) is 44.4 Å². The zero-order valence-corrected chi connectivity index (χ0v) is 24.3. The van der Waals surface area contributed by atoms with Gasteiger partial charge in [0.05, 0.1) is 33.4 Å². The number of benzene rings is 3. The van der Waals surface area contributed by atoms with Gasteiger partial charge >= 0.3 is 0 Å². The number of thiazole rings is 1. The van der Waals surface area contributed by atoms with Crippen LogP contribution < -0.4 is 29.7 Å². The predicted molar refractivity (Wildman–Crippen MR) is 162 cm³/mol. The normalized spacial score (nSPS) is 14.8. The average Bonchev–Trinajstić information content (AvgIpc) is 3.26. The lowest BCUT2D eigenvalue weighted by Crippen LogP contribution is -2.40. The third-order valence-corrected chi connectivity index (χ3v) is 7.92. The number of carbonyl (C=O) groups is 1. The molecule has 1 amide bonds. The molecule has 0 fully saturated rings. The van der Waals surface area contributed by atoms with Gasteiger partial charge in [-0.1, -0.05) is 60.4 Å². The molecule has 0 aliphatic carbocycles. The first-order valence-corrected chi connectivity index (χ1v) is 14.1. The summed E-state index contributed by atoms with van der Waals surface area (Å²) in [5.41, 5.74) is 2.91. The van der Waals surface area contributed by atoms with Gasteiger partial charge in [0, 0.05) is 5.69 Å². The molecule has 1 aromatic heterocycles. The highest BCUT2D eigenvalue weighted by Crippen LogP contribution is 2.32. The van der Waals surface area contributed by atoms with Crippen molar-refractivity contribution in [3.8, 4) is 11.5 Å². The summed E-state index contributed by atoms with van der Waals surface area (Å²) in [4.78, 5) is 32.8. The van der Waals surface area contributed by atoms with E-state index in [4.69, 9.17) is 14.5 Å². The van der Waals surface area contributed by atoms with Crippen molar-refractivity contribution in [2.75, 3.05) is 19.0 Å².